The van der Waals surface area contributed by atoms with Crippen molar-refractivity contribution in [3.63, 3.8) is 0 Å². The number of hydrogen-bond donors (Lipinski definition) is 0. The van der Waals surface area contributed by atoms with Gasteiger partial charge < -0.3 is 4.42 Å². The Bertz CT molecular complexity index is 613. The molecule has 3 nitrogen and oxygen atoms in total. The third kappa shape index (κ3) is 0.923. The summed E-state index contributed by atoms with van der Waals surface area (Å²) in [6, 6.07) is 5.96. The second-order valence-electron chi connectivity index (χ2n) is 3.32. The smallest absolute Gasteiger partial charge is 0.229 e. The van der Waals surface area contributed by atoms with E-state index in [1.54, 1.807) is 12.4 Å². The summed E-state index contributed by atoms with van der Waals surface area (Å²) < 4.78 is 5.49. The van der Waals surface area contributed by atoms with Gasteiger partial charge >= 0.3 is 0 Å². The Labute approximate surface area is 80.4 Å². The van der Waals surface area contributed by atoms with Crippen molar-refractivity contribution >= 4 is 22.2 Å². The lowest BCUT2D eigenvalue weighted by Gasteiger charge is -1.89. The highest BCUT2D eigenvalue weighted by molar-refractivity contribution is 6.01. The molecule has 0 radical (unpaired) electrons. The summed E-state index contributed by atoms with van der Waals surface area (Å²) in [6.45, 7) is 2.02. The van der Waals surface area contributed by atoms with Crippen LogP contribution in [-0.4, -0.2) is 9.97 Å². The first-order chi connectivity index (χ1) is 6.84. The Morgan fingerprint density at radius 2 is 2.00 bits per heavy atom. The van der Waals surface area contributed by atoms with Crippen LogP contribution >= 0.6 is 0 Å². The molecule has 0 spiro atoms. The molecule has 3 heterocycles. The van der Waals surface area contributed by atoms with Gasteiger partial charge in [-0.15, -0.1) is 0 Å². The van der Waals surface area contributed by atoms with E-state index >= 15 is 0 Å². The molecule has 0 aliphatic heterocycles. The fourth-order valence-electron chi connectivity index (χ4n) is 1.60. The topological polar surface area (TPSA) is 38.9 Å². The van der Waals surface area contributed by atoms with Crippen LogP contribution < -0.4 is 0 Å². The van der Waals surface area contributed by atoms with E-state index in [9.17, 15) is 0 Å². The van der Waals surface area contributed by atoms with Crippen LogP contribution in [0.5, 0.6) is 0 Å². The molecule has 14 heavy (non-hydrogen) atoms. The molecule has 0 aromatic carbocycles. The lowest BCUT2D eigenvalue weighted by Crippen LogP contribution is -1.75. The molecule has 0 saturated heterocycles. The Balaban J connectivity index is 2.58. The average molecular weight is 184 g/mol. The van der Waals surface area contributed by atoms with Crippen LogP contribution in [0.2, 0.25) is 0 Å². The van der Waals surface area contributed by atoms with Crippen molar-refractivity contribution in [2.45, 2.75) is 6.92 Å². The Hall–Kier alpha value is -1.90. The number of aryl methyl sites for hydroxylation is 1. The van der Waals surface area contributed by atoms with Crippen molar-refractivity contribution in [2.75, 3.05) is 0 Å². The minimum Gasteiger partial charge on any atom is -0.419 e. The molecule has 0 fully saturated rings. The highest BCUT2D eigenvalue weighted by Gasteiger charge is 2.07. The summed E-state index contributed by atoms with van der Waals surface area (Å²) in [6.07, 6.45) is 3.52. The van der Waals surface area contributed by atoms with Gasteiger partial charge in [0.2, 0.25) is 11.4 Å². The van der Waals surface area contributed by atoms with Crippen LogP contribution in [0.15, 0.2) is 35.0 Å². The summed E-state index contributed by atoms with van der Waals surface area (Å²) in [5, 5.41) is 2.06. The van der Waals surface area contributed by atoms with E-state index in [2.05, 4.69) is 16.0 Å². The maximum Gasteiger partial charge on any atom is 0.229 e. The fraction of sp³-hybridized carbons (Fsp3) is 0.0909. The summed E-state index contributed by atoms with van der Waals surface area (Å²) in [5.41, 5.74) is 2.44. The van der Waals surface area contributed by atoms with Gasteiger partial charge in [-0.1, -0.05) is 0 Å². The summed E-state index contributed by atoms with van der Waals surface area (Å²) >= 11 is 0. The lowest BCUT2D eigenvalue weighted by molar-refractivity contribution is 0.640. The first kappa shape index (κ1) is 7.50. The Morgan fingerprint density at radius 1 is 1.14 bits per heavy atom. The molecule has 0 atom stereocenters. The predicted octanol–water partition coefficient (Wildman–Crippen LogP) is 2.68. The van der Waals surface area contributed by atoms with E-state index in [0.29, 0.717) is 11.4 Å². The number of fused-ring (bicyclic) bond motifs is 3. The molecule has 0 bridgehead atoms. The second-order valence-corrected chi connectivity index (χ2v) is 3.32. The first-order valence-electron chi connectivity index (χ1n) is 4.44. The monoisotopic (exact) mass is 184 g/mol. The molecule has 68 valence electrons. The number of hydrogen-bond acceptors (Lipinski definition) is 3. The first-order valence-corrected chi connectivity index (χ1v) is 4.44. The summed E-state index contributed by atoms with van der Waals surface area (Å²) in [4.78, 5) is 8.35. The SMILES string of the molecule is Cc1cnc2oc3ncccc3c2c1. The van der Waals surface area contributed by atoms with Crippen molar-refractivity contribution < 1.29 is 4.42 Å². The van der Waals surface area contributed by atoms with Gasteiger partial charge in [0.15, 0.2) is 0 Å². The van der Waals surface area contributed by atoms with Gasteiger partial charge in [-0.2, -0.15) is 0 Å². The number of aromatic nitrogens is 2. The molecule has 0 amide bonds. The van der Waals surface area contributed by atoms with E-state index in [1.807, 2.05) is 19.1 Å². The van der Waals surface area contributed by atoms with E-state index in [0.717, 1.165) is 16.3 Å². The number of pyridine rings is 2. The molecule has 0 unspecified atom stereocenters. The van der Waals surface area contributed by atoms with Crippen LogP contribution in [0.4, 0.5) is 0 Å². The second kappa shape index (κ2) is 2.54. The van der Waals surface area contributed by atoms with Crippen LogP contribution in [-0.2, 0) is 0 Å². The summed E-state index contributed by atoms with van der Waals surface area (Å²) in [7, 11) is 0. The van der Waals surface area contributed by atoms with Gasteiger partial charge in [-0.25, -0.2) is 9.97 Å². The molecule has 3 rings (SSSR count). The molecule has 0 aliphatic rings. The third-order valence-corrected chi connectivity index (χ3v) is 2.24. The van der Waals surface area contributed by atoms with Gasteiger partial charge in [0.05, 0.1) is 5.39 Å². The molecular formula is C11H8N2O. The quantitative estimate of drug-likeness (QED) is 0.539. The third-order valence-electron chi connectivity index (χ3n) is 2.24. The molecule has 0 N–H and O–H groups in total. The molecular weight excluding hydrogens is 176 g/mol. The highest BCUT2D eigenvalue weighted by atomic mass is 16.3. The normalized spacial score (nSPS) is 11.2. The van der Waals surface area contributed by atoms with Crippen molar-refractivity contribution in [3.05, 3.63) is 36.2 Å². The largest absolute Gasteiger partial charge is 0.419 e. The Kier molecular flexibility index (Phi) is 1.36. The van der Waals surface area contributed by atoms with Gasteiger partial charge in [0.25, 0.3) is 0 Å². The molecule has 3 heteroatoms. The van der Waals surface area contributed by atoms with Gasteiger partial charge in [0, 0.05) is 17.8 Å². The maximum absolute atomic E-state index is 5.49. The fourth-order valence-corrected chi connectivity index (χ4v) is 1.60. The molecule has 3 aromatic heterocycles. The van der Waals surface area contributed by atoms with Gasteiger partial charge in [-0.3, -0.25) is 0 Å². The van der Waals surface area contributed by atoms with Crippen LogP contribution in [0, 0.1) is 6.92 Å². The van der Waals surface area contributed by atoms with Gasteiger partial charge in [-0.05, 0) is 30.7 Å². The number of nitrogens with zero attached hydrogens (tertiary/aromatic N) is 2. The number of rotatable bonds is 0. The maximum atomic E-state index is 5.49. The zero-order valence-corrected chi connectivity index (χ0v) is 7.69. The van der Waals surface area contributed by atoms with Crippen molar-refractivity contribution in [2.24, 2.45) is 0 Å². The minimum atomic E-state index is 0.653. The number of furan rings is 1. The standard InChI is InChI=1S/C11H8N2O/c1-7-5-9-8-3-2-4-12-10(8)14-11(9)13-6-7/h2-6H,1H3. The zero-order valence-electron chi connectivity index (χ0n) is 7.69. The van der Waals surface area contributed by atoms with Crippen molar-refractivity contribution in [1.82, 2.24) is 9.97 Å². The van der Waals surface area contributed by atoms with E-state index in [-0.39, 0.29) is 0 Å². The molecule has 0 saturated carbocycles. The van der Waals surface area contributed by atoms with Crippen LogP contribution in [0.3, 0.4) is 0 Å². The molecule has 3 aromatic rings. The van der Waals surface area contributed by atoms with Crippen molar-refractivity contribution in [3.8, 4) is 0 Å². The van der Waals surface area contributed by atoms with E-state index < -0.39 is 0 Å². The average Bonchev–Trinajstić information content (AvgIpc) is 2.56. The Morgan fingerprint density at radius 3 is 2.93 bits per heavy atom. The van der Waals surface area contributed by atoms with Gasteiger partial charge in [0.1, 0.15) is 0 Å². The van der Waals surface area contributed by atoms with E-state index in [1.165, 1.54) is 0 Å². The van der Waals surface area contributed by atoms with Crippen molar-refractivity contribution in [1.29, 1.82) is 0 Å². The van der Waals surface area contributed by atoms with E-state index in [4.69, 9.17) is 4.42 Å². The minimum absolute atomic E-state index is 0.653. The lowest BCUT2D eigenvalue weighted by atomic mass is 10.2. The highest BCUT2D eigenvalue weighted by Crippen LogP contribution is 2.25. The zero-order chi connectivity index (χ0) is 9.54. The predicted molar refractivity (Wildman–Crippen MR) is 54.0 cm³/mol. The molecule has 0 aliphatic carbocycles. The summed E-state index contributed by atoms with van der Waals surface area (Å²) in [5.74, 6) is 0. The van der Waals surface area contributed by atoms with Crippen LogP contribution in [0.25, 0.3) is 22.2 Å². The van der Waals surface area contributed by atoms with Crippen LogP contribution in [0.1, 0.15) is 5.56 Å².